The van der Waals surface area contributed by atoms with Crippen molar-refractivity contribution in [1.82, 2.24) is 4.57 Å². The lowest BCUT2D eigenvalue weighted by molar-refractivity contribution is 0.132. The van der Waals surface area contributed by atoms with Gasteiger partial charge in [0.2, 0.25) is 0 Å². The summed E-state index contributed by atoms with van der Waals surface area (Å²) >= 11 is 0. The van der Waals surface area contributed by atoms with E-state index in [1.807, 2.05) is 18.2 Å². The van der Waals surface area contributed by atoms with Gasteiger partial charge in [-0.1, -0.05) is 26.0 Å². The van der Waals surface area contributed by atoms with Crippen molar-refractivity contribution in [1.29, 1.82) is 0 Å². The molecule has 2 heteroatoms. The molecule has 1 heterocycles. The predicted molar refractivity (Wildman–Crippen MR) is 63.7 cm³/mol. The highest BCUT2D eigenvalue weighted by atomic mass is 16.3. The SMILES string of the molecule is CC(C)C(/C=C/C(C)(C)O)n1cccc1. The maximum Gasteiger partial charge on any atom is 0.0772 e. The van der Waals surface area contributed by atoms with Gasteiger partial charge in [-0.25, -0.2) is 0 Å². The zero-order chi connectivity index (χ0) is 11.5. The summed E-state index contributed by atoms with van der Waals surface area (Å²) < 4.78 is 2.16. The van der Waals surface area contributed by atoms with Gasteiger partial charge in [0.25, 0.3) is 0 Å². The van der Waals surface area contributed by atoms with Gasteiger partial charge in [-0.2, -0.15) is 0 Å². The second kappa shape index (κ2) is 4.67. The van der Waals surface area contributed by atoms with E-state index >= 15 is 0 Å². The van der Waals surface area contributed by atoms with Crippen molar-refractivity contribution in [3.05, 3.63) is 36.7 Å². The lowest BCUT2D eigenvalue weighted by Gasteiger charge is -2.21. The molecule has 0 radical (unpaired) electrons. The standard InChI is InChI=1S/C13H21NO/c1-11(2)12(7-8-13(3,4)15)14-9-5-6-10-14/h5-12,15H,1-4H3/b8-7+. The molecule has 1 rings (SSSR count). The van der Waals surface area contributed by atoms with Gasteiger partial charge in [0.05, 0.1) is 11.6 Å². The Labute approximate surface area is 92.2 Å². The fraction of sp³-hybridized carbons (Fsp3) is 0.538. The van der Waals surface area contributed by atoms with Crippen molar-refractivity contribution in [3.63, 3.8) is 0 Å². The minimum Gasteiger partial charge on any atom is -0.386 e. The van der Waals surface area contributed by atoms with Crippen LogP contribution in [0.15, 0.2) is 36.7 Å². The molecule has 1 aromatic rings. The van der Waals surface area contributed by atoms with Gasteiger partial charge < -0.3 is 9.67 Å². The van der Waals surface area contributed by atoms with Crippen LogP contribution in [0.4, 0.5) is 0 Å². The monoisotopic (exact) mass is 207 g/mol. The van der Waals surface area contributed by atoms with Crippen molar-refractivity contribution in [2.24, 2.45) is 5.92 Å². The third-order valence-electron chi connectivity index (χ3n) is 2.36. The van der Waals surface area contributed by atoms with E-state index in [1.54, 1.807) is 13.8 Å². The molecular formula is C13H21NO. The average molecular weight is 207 g/mol. The Morgan fingerprint density at radius 2 is 1.73 bits per heavy atom. The van der Waals surface area contributed by atoms with Crippen LogP contribution in [-0.4, -0.2) is 15.3 Å². The average Bonchev–Trinajstić information content (AvgIpc) is 2.54. The first-order chi connectivity index (χ1) is 6.90. The van der Waals surface area contributed by atoms with Crippen molar-refractivity contribution < 1.29 is 5.11 Å². The van der Waals surface area contributed by atoms with Crippen molar-refractivity contribution in [2.45, 2.75) is 39.3 Å². The third-order valence-corrected chi connectivity index (χ3v) is 2.36. The maximum atomic E-state index is 9.65. The van der Waals surface area contributed by atoms with E-state index < -0.39 is 5.60 Å². The van der Waals surface area contributed by atoms with Crippen LogP contribution in [0.5, 0.6) is 0 Å². The summed E-state index contributed by atoms with van der Waals surface area (Å²) in [6, 6.07) is 4.35. The summed E-state index contributed by atoms with van der Waals surface area (Å²) in [6.45, 7) is 7.94. The van der Waals surface area contributed by atoms with Crippen LogP contribution in [0.3, 0.4) is 0 Å². The molecule has 84 valence electrons. The molecule has 1 unspecified atom stereocenters. The Balaban J connectivity index is 2.82. The molecule has 1 atom stereocenters. The molecule has 0 bridgehead atoms. The van der Waals surface area contributed by atoms with E-state index in [4.69, 9.17) is 0 Å². The van der Waals surface area contributed by atoms with Crippen LogP contribution < -0.4 is 0 Å². The Bertz CT molecular complexity index is 304. The van der Waals surface area contributed by atoms with Crippen LogP contribution in [0, 0.1) is 5.92 Å². The molecular weight excluding hydrogens is 186 g/mol. The molecule has 0 aromatic carbocycles. The van der Waals surface area contributed by atoms with Gasteiger partial charge in [-0.05, 0) is 31.9 Å². The molecule has 0 fully saturated rings. The Morgan fingerprint density at radius 1 is 1.20 bits per heavy atom. The fourth-order valence-corrected chi connectivity index (χ4v) is 1.55. The molecule has 1 N–H and O–H groups in total. The first kappa shape index (κ1) is 12.1. The summed E-state index contributed by atoms with van der Waals surface area (Å²) in [5, 5.41) is 9.65. The molecule has 0 aliphatic carbocycles. The van der Waals surface area contributed by atoms with Crippen LogP contribution >= 0.6 is 0 Å². The van der Waals surface area contributed by atoms with Gasteiger partial charge >= 0.3 is 0 Å². The highest BCUT2D eigenvalue weighted by Gasteiger charge is 2.13. The lowest BCUT2D eigenvalue weighted by Crippen LogP contribution is -2.17. The number of nitrogens with zero attached hydrogens (tertiary/aromatic N) is 1. The van der Waals surface area contributed by atoms with Gasteiger partial charge in [0, 0.05) is 12.4 Å². The number of aliphatic hydroxyl groups is 1. The first-order valence-corrected chi connectivity index (χ1v) is 5.44. The molecule has 0 aliphatic heterocycles. The van der Waals surface area contributed by atoms with Crippen LogP contribution in [0.1, 0.15) is 33.7 Å². The predicted octanol–water partition coefficient (Wildman–Crippen LogP) is 3.01. The van der Waals surface area contributed by atoms with Gasteiger partial charge in [0.1, 0.15) is 0 Å². The Hall–Kier alpha value is -1.02. The van der Waals surface area contributed by atoms with E-state index in [0.717, 1.165) is 0 Å². The van der Waals surface area contributed by atoms with Crippen molar-refractivity contribution >= 4 is 0 Å². The highest BCUT2D eigenvalue weighted by molar-refractivity contribution is 5.04. The second-order valence-electron chi connectivity index (χ2n) is 4.88. The number of hydrogen-bond acceptors (Lipinski definition) is 1. The molecule has 0 saturated carbocycles. The minimum absolute atomic E-state index is 0.312. The topological polar surface area (TPSA) is 25.2 Å². The fourth-order valence-electron chi connectivity index (χ4n) is 1.55. The first-order valence-electron chi connectivity index (χ1n) is 5.44. The van der Waals surface area contributed by atoms with Crippen molar-refractivity contribution in [2.75, 3.05) is 0 Å². The zero-order valence-corrected chi connectivity index (χ0v) is 10.0. The summed E-state index contributed by atoms with van der Waals surface area (Å²) in [4.78, 5) is 0. The largest absolute Gasteiger partial charge is 0.386 e. The summed E-state index contributed by atoms with van der Waals surface area (Å²) in [5.41, 5.74) is -0.736. The van der Waals surface area contributed by atoms with Crippen LogP contribution in [0.2, 0.25) is 0 Å². The molecule has 0 amide bonds. The zero-order valence-electron chi connectivity index (χ0n) is 10.0. The molecule has 0 saturated heterocycles. The lowest BCUT2D eigenvalue weighted by atomic mass is 10.0. The van der Waals surface area contributed by atoms with Gasteiger partial charge in [-0.3, -0.25) is 0 Å². The van der Waals surface area contributed by atoms with Gasteiger partial charge in [-0.15, -0.1) is 0 Å². The third kappa shape index (κ3) is 3.92. The maximum absolute atomic E-state index is 9.65. The number of allylic oxidation sites excluding steroid dienone is 1. The van der Waals surface area contributed by atoms with E-state index in [9.17, 15) is 5.11 Å². The Morgan fingerprint density at radius 3 is 2.13 bits per heavy atom. The van der Waals surface area contributed by atoms with Gasteiger partial charge in [0.15, 0.2) is 0 Å². The molecule has 2 nitrogen and oxygen atoms in total. The normalized spacial score (nSPS) is 15.1. The van der Waals surface area contributed by atoms with Crippen LogP contribution in [0.25, 0.3) is 0 Å². The van der Waals surface area contributed by atoms with E-state index in [1.165, 1.54) is 0 Å². The number of rotatable bonds is 4. The van der Waals surface area contributed by atoms with E-state index in [-0.39, 0.29) is 0 Å². The molecule has 15 heavy (non-hydrogen) atoms. The number of hydrogen-bond donors (Lipinski definition) is 1. The smallest absolute Gasteiger partial charge is 0.0772 e. The molecule has 0 spiro atoms. The summed E-state index contributed by atoms with van der Waals surface area (Å²) in [5.74, 6) is 0.510. The summed E-state index contributed by atoms with van der Waals surface area (Å²) in [7, 11) is 0. The molecule has 0 aliphatic rings. The minimum atomic E-state index is -0.736. The molecule has 1 aromatic heterocycles. The summed E-state index contributed by atoms with van der Waals surface area (Å²) in [6.07, 6.45) is 8.04. The van der Waals surface area contributed by atoms with Crippen LogP contribution in [-0.2, 0) is 0 Å². The highest BCUT2D eigenvalue weighted by Crippen LogP contribution is 2.20. The second-order valence-corrected chi connectivity index (χ2v) is 4.88. The number of aromatic nitrogens is 1. The van der Waals surface area contributed by atoms with E-state index in [0.29, 0.717) is 12.0 Å². The van der Waals surface area contributed by atoms with Crippen molar-refractivity contribution in [3.8, 4) is 0 Å². The quantitative estimate of drug-likeness (QED) is 0.754. The Kier molecular flexibility index (Phi) is 3.75. The van der Waals surface area contributed by atoms with E-state index in [2.05, 4.69) is 36.9 Å².